The van der Waals surface area contributed by atoms with Crippen LogP contribution in [0, 0.1) is 5.82 Å². The van der Waals surface area contributed by atoms with Crippen molar-refractivity contribution >= 4 is 17.6 Å². The molecule has 1 aliphatic heterocycles. The normalized spacial score (nSPS) is 13.9. The molecule has 2 aromatic rings. The summed E-state index contributed by atoms with van der Waals surface area (Å²) >= 11 is 0. The molecule has 0 N–H and O–H groups in total. The zero-order chi connectivity index (χ0) is 17.1. The van der Waals surface area contributed by atoms with Crippen molar-refractivity contribution in [3.63, 3.8) is 0 Å². The summed E-state index contributed by atoms with van der Waals surface area (Å²) in [6, 6.07) is 10.6. The highest BCUT2D eigenvalue weighted by Gasteiger charge is 2.22. The second-order valence-electron chi connectivity index (χ2n) is 5.38. The maximum absolute atomic E-state index is 13.9. The molecule has 1 aliphatic rings. The van der Waals surface area contributed by atoms with Crippen LogP contribution in [0.15, 0.2) is 42.5 Å². The predicted octanol–water partition coefficient (Wildman–Crippen LogP) is 3.18. The van der Waals surface area contributed by atoms with Gasteiger partial charge in [-0.05, 0) is 30.7 Å². The molecular formula is C18H16FNO4. The summed E-state index contributed by atoms with van der Waals surface area (Å²) in [5, 5.41) is 0. The van der Waals surface area contributed by atoms with Gasteiger partial charge in [0.05, 0.1) is 12.7 Å². The van der Waals surface area contributed by atoms with Crippen LogP contribution in [-0.4, -0.2) is 25.5 Å². The van der Waals surface area contributed by atoms with Crippen LogP contribution in [0.5, 0.6) is 11.5 Å². The van der Waals surface area contributed by atoms with E-state index >= 15 is 0 Å². The highest BCUT2D eigenvalue weighted by molar-refractivity contribution is 5.96. The van der Waals surface area contributed by atoms with E-state index in [0.717, 1.165) is 12.5 Å². The second kappa shape index (κ2) is 6.70. The van der Waals surface area contributed by atoms with E-state index in [-0.39, 0.29) is 17.2 Å². The summed E-state index contributed by atoms with van der Waals surface area (Å²) in [6.07, 6.45) is 1.32. The second-order valence-corrected chi connectivity index (χ2v) is 5.38. The molecule has 0 radical (unpaired) electrons. The van der Waals surface area contributed by atoms with E-state index < -0.39 is 11.8 Å². The molecule has 124 valence electrons. The topological polar surface area (TPSA) is 55.8 Å². The Kier molecular flexibility index (Phi) is 4.46. The van der Waals surface area contributed by atoms with Crippen LogP contribution < -0.4 is 14.4 Å². The van der Waals surface area contributed by atoms with E-state index in [1.807, 2.05) is 0 Å². The number of rotatable bonds is 4. The van der Waals surface area contributed by atoms with Crippen LogP contribution in [0.3, 0.4) is 0 Å². The van der Waals surface area contributed by atoms with Gasteiger partial charge in [0, 0.05) is 30.8 Å². The number of benzene rings is 2. The Morgan fingerprint density at radius 2 is 2.00 bits per heavy atom. The third-order valence-corrected chi connectivity index (χ3v) is 3.81. The maximum atomic E-state index is 13.9. The number of halogens is 1. The molecular weight excluding hydrogens is 313 g/mol. The first-order valence-corrected chi connectivity index (χ1v) is 7.54. The Morgan fingerprint density at radius 1 is 1.17 bits per heavy atom. The van der Waals surface area contributed by atoms with Gasteiger partial charge < -0.3 is 14.4 Å². The van der Waals surface area contributed by atoms with Crippen LogP contribution in [0.4, 0.5) is 10.1 Å². The van der Waals surface area contributed by atoms with Crippen LogP contribution in [0.1, 0.15) is 23.2 Å². The lowest BCUT2D eigenvalue weighted by Gasteiger charge is -2.16. The zero-order valence-electron chi connectivity index (χ0n) is 13.1. The van der Waals surface area contributed by atoms with E-state index in [9.17, 15) is 14.0 Å². The number of methoxy groups -OCH3 is 1. The van der Waals surface area contributed by atoms with Crippen molar-refractivity contribution in [2.75, 3.05) is 18.6 Å². The summed E-state index contributed by atoms with van der Waals surface area (Å²) in [7, 11) is 1.41. The van der Waals surface area contributed by atoms with Gasteiger partial charge in [0.25, 0.3) is 0 Å². The summed E-state index contributed by atoms with van der Waals surface area (Å²) in [5.74, 6) is -0.907. The number of anilines is 1. The summed E-state index contributed by atoms with van der Waals surface area (Å²) < 4.78 is 24.1. The fraction of sp³-hybridized carbons (Fsp3) is 0.222. The molecule has 24 heavy (non-hydrogen) atoms. The summed E-state index contributed by atoms with van der Waals surface area (Å²) in [6.45, 7) is 0.642. The van der Waals surface area contributed by atoms with Gasteiger partial charge in [-0.15, -0.1) is 0 Å². The lowest BCUT2D eigenvalue weighted by molar-refractivity contribution is -0.117. The van der Waals surface area contributed by atoms with Crippen molar-refractivity contribution < 1.29 is 23.5 Å². The highest BCUT2D eigenvalue weighted by atomic mass is 19.1. The molecule has 3 rings (SSSR count). The van der Waals surface area contributed by atoms with Crippen LogP contribution >= 0.6 is 0 Å². The molecule has 0 bridgehead atoms. The lowest BCUT2D eigenvalue weighted by atomic mass is 10.2. The summed E-state index contributed by atoms with van der Waals surface area (Å²) in [5.41, 5.74) is 0.483. The van der Waals surface area contributed by atoms with Gasteiger partial charge in [-0.2, -0.15) is 0 Å². The average Bonchev–Trinajstić information content (AvgIpc) is 3.01. The van der Waals surface area contributed by atoms with Gasteiger partial charge >= 0.3 is 5.97 Å². The van der Waals surface area contributed by atoms with Crippen molar-refractivity contribution in [2.24, 2.45) is 0 Å². The first-order chi connectivity index (χ1) is 11.6. The molecule has 0 spiro atoms. The quantitative estimate of drug-likeness (QED) is 0.638. The van der Waals surface area contributed by atoms with E-state index in [2.05, 4.69) is 0 Å². The number of hydrogen-bond acceptors (Lipinski definition) is 4. The van der Waals surface area contributed by atoms with Gasteiger partial charge in [0.15, 0.2) is 0 Å². The summed E-state index contributed by atoms with van der Waals surface area (Å²) in [4.78, 5) is 25.6. The number of esters is 1. The number of amides is 1. The average molecular weight is 329 g/mol. The number of ether oxygens (including phenoxy) is 2. The molecule has 0 saturated carbocycles. The molecule has 0 aliphatic carbocycles. The van der Waals surface area contributed by atoms with Crippen molar-refractivity contribution in [1.29, 1.82) is 0 Å². The van der Waals surface area contributed by atoms with Crippen molar-refractivity contribution in [1.82, 2.24) is 0 Å². The predicted molar refractivity (Wildman–Crippen MR) is 85.9 cm³/mol. The Labute approximate surface area is 138 Å². The van der Waals surface area contributed by atoms with Crippen molar-refractivity contribution in [3.8, 4) is 11.5 Å². The maximum Gasteiger partial charge on any atom is 0.346 e. The van der Waals surface area contributed by atoms with E-state index in [1.54, 1.807) is 29.2 Å². The van der Waals surface area contributed by atoms with E-state index in [4.69, 9.17) is 9.47 Å². The first-order valence-electron chi connectivity index (χ1n) is 7.54. The van der Waals surface area contributed by atoms with Crippen LogP contribution in [-0.2, 0) is 4.79 Å². The molecule has 0 unspecified atom stereocenters. The molecule has 1 heterocycles. The molecule has 1 fully saturated rings. The zero-order valence-corrected chi connectivity index (χ0v) is 13.1. The van der Waals surface area contributed by atoms with Gasteiger partial charge in [0.2, 0.25) is 5.91 Å². The molecule has 0 atom stereocenters. The van der Waals surface area contributed by atoms with E-state index in [1.165, 1.54) is 19.2 Å². The van der Waals surface area contributed by atoms with Gasteiger partial charge in [-0.1, -0.05) is 6.07 Å². The number of hydrogen-bond donors (Lipinski definition) is 0. The third-order valence-electron chi connectivity index (χ3n) is 3.81. The van der Waals surface area contributed by atoms with E-state index in [0.29, 0.717) is 24.4 Å². The largest absolute Gasteiger partial charge is 0.497 e. The fourth-order valence-electron chi connectivity index (χ4n) is 2.59. The van der Waals surface area contributed by atoms with Crippen molar-refractivity contribution in [3.05, 3.63) is 53.8 Å². The van der Waals surface area contributed by atoms with Gasteiger partial charge in [-0.3, -0.25) is 4.79 Å². The molecule has 1 saturated heterocycles. The minimum atomic E-state index is -0.806. The molecule has 0 aromatic heterocycles. The van der Waals surface area contributed by atoms with Gasteiger partial charge in [-0.25, -0.2) is 9.18 Å². The highest BCUT2D eigenvalue weighted by Crippen LogP contribution is 2.26. The smallest absolute Gasteiger partial charge is 0.346 e. The van der Waals surface area contributed by atoms with Crippen molar-refractivity contribution in [2.45, 2.75) is 12.8 Å². The first kappa shape index (κ1) is 16.0. The Morgan fingerprint density at radius 3 is 2.67 bits per heavy atom. The van der Waals surface area contributed by atoms with Crippen LogP contribution in [0.25, 0.3) is 0 Å². The Bertz CT molecular complexity index is 790. The molecule has 6 heteroatoms. The monoisotopic (exact) mass is 329 g/mol. The molecule has 5 nitrogen and oxygen atoms in total. The van der Waals surface area contributed by atoms with Crippen LogP contribution in [0.2, 0.25) is 0 Å². The fourth-order valence-corrected chi connectivity index (χ4v) is 2.59. The number of carbonyl (C=O) groups excluding carboxylic acids is 2. The van der Waals surface area contributed by atoms with Gasteiger partial charge in [0.1, 0.15) is 17.3 Å². The minimum absolute atomic E-state index is 0.0414. The Balaban J connectivity index is 1.78. The Hall–Kier alpha value is -2.89. The molecule has 2 aromatic carbocycles. The standard InChI is InChI=1S/C18H16FNO4/c1-23-13-7-8-15(16(19)11-13)18(22)24-14-5-2-4-12(10-14)20-9-3-6-17(20)21/h2,4-5,7-8,10-11H,3,6,9H2,1H3. The lowest BCUT2D eigenvalue weighted by Crippen LogP contribution is -2.23. The molecule has 1 amide bonds. The number of carbonyl (C=O) groups is 2. The number of nitrogens with zero attached hydrogens (tertiary/aromatic N) is 1. The third kappa shape index (κ3) is 3.22. The minimum Gasteiger partial charge on any atom is -0.497 e. The SMILES string of the molecule is COc1ccc(C(=O)Oc2cccc(N3CCCC3=O)c2)c(F)c1.